The van der Waals surface area contributed by atoms with Crippen LogP contribution in [0.5, 0.6) is 5.88 Å². The molecular weight excluding hydrogens is 148 g/mol. The third-order valence-electron chi connectivity index (χ3n) is 0.697. The molecule has 0 saturated heterocycles. The number of alkyl halides is 2. The van der Waals surface area contributed by atoms with Gasteiger partial charge in [-0.25, -0.2) is 13.8 Å². The van der Waals surface area contributed by atoms with Crippen LogP contribution in [0.3, 0.4) is 0 Å². The second-order valence-electron chi connectivity index (χ2n) is 1.34. The molecule has 1 heterocycles. The Morgan fingerprint density at radius 2 is 2.33 bits per heavy atom. The molecule has 1 aromatic rings. The average Bonchev–Trinajstić information content (AvgIpc) is 2.14. The maximum absolute atomic E-state index is 11.6. The van der Waals surface area contributed by atoms with Gasteiger partial charge in [0.05, 0.1) is 5.38 Å². The standard InChI is InChI=1S/C4H3F2NOS/c5-3(6)4-7-2(8)1-9-4/h1,3,8H. The number of halogens is 2. The normalized spacial score (nSPS) is 10.6. The van der Waals surface area contributed by atoms with Crippen LogP contribution >= 0.6 is 11.3 Å². The molecule has 0 fully saturated rings. The fraction of sp³-hybridized carbons (Fsp3) is 0.250. The lowest BCUT2D eigenvalue weighted by molar-refractivity contribution is 0.150. The van der Waals surface area contributed by atoms with Crippen molar-refractivity contribution in [2.45, 2.75) is 6.43 Å². The van der Waals surface area contributed by atoms with Gasteiger partial charge < -0.3 is 5.11 Å². The van der Waals surface area contributed by atoms with E-state index in [1.54, 1.807) is 0 Å². The molecule has 1 aromatic heterocycles. The summed E-state index contributed by atoms with van der Waals surface area (Å²) in [5.41, 5.74) is 0. The molecule has 1 N–H and O–H groups in total. The number of rotatable bonds is 1. The van der Waals surface area contributed by atoms with Crippen molar-refractivity contribution in [3.05, 3.63) is 10.4 Å². The summed E-state index contributed by atoms with van der Waals surface area (Å²) in [6.07, 6.45) is -2.57. The zero-order valence-corrected chi connectivity index (χ0v) is 5.03. The van der Waals surface area contributed by atoms with Gasteiger partial charge in [-0.3, -0.25) is 0 Å². The number of hydrogen-bond donors (Lipinski definition) is 1. The van der Waals surface area contributed by atoms with Gasteiger partial charge in [-0.1, -0.05) is 0 Å². The maximum Gasteiger partial charge on any atom is 0.289 e. The lowest BCUT2D eigenvalue weighted by Crippen LogP contribution is -1.78. The van der Waals surface area contributed by atoms with E-state index in [1.807, 2.05) is 0 Å². The molecule has 0 amide bonds. The molecule has 0 aliphatic carbocycles. The summed E-state index contributed by atoms with van der Waals surface area (Å²) in [5, 5.41) is 9.30. The Morgan fingerprint density at radius 3 is 2.56 bits per heavy atom. The predicted octanol–water partition coefficient (Wildman–Crippen LogP) is 1.79. The number of thiazole rings is 1. The number of nitrogens with zero attached hydrogens (tertiary/aromatic N) is 1. The Morgan fingerprint density at radius 1 is 1.67 bits per heavy atom. The van der Waals surface area contributed by atoms with Crippen molar-refractivity contribution in [3.63, 3.8) is 0 Å². The highest BCUT2D eigenvalue weighted by Crippen LogP contribution is 2.24. The fourth-order valence-electron chi connectivity index (χ4n) is 0.379. The molecule has 0 atom stereocenters. The first-order valence-electron chi connectivity index (χ1n) is 2.12. The van der Waals surface area contributed by atoms with E-state index < -0.39 is 6.43 Å². The first-order chi connectivity index (χ1) is 4.20. The van der Waals surface area contributed by atoms with Crippen molar-refractivity contribution in [1.29, 1.82) is 0 Å². The van der Waals surface area contributed by atoms with Crippen LogP contribution in [0.4, 0.5) is 8.78 Å². The van der Waals surface area contributed by atoms with E-state index in [1.165, 1.54) is 5.38 Å². The zero-order valence-electron chi connectivity index (χ0n) is 4.21. The number of hydrogen-bond acceptors (Lipinski definition) is 3. The van der Waals surface area contributed by atoms with E-state index in [0.29, 0.717) is 0 Å². The monoisotopic (exact) mass is 151 g/mol. The smallest absolute Gasteiger partial charge is 0.289 e. The summed E-state index contributed by atoms with van der Waals surface area (Å²) >= 11 is 0.747. The largest absolute Gasteiger partial charge is 0.493 e. The molecule has 0 radical (unpaired) electrons. The van der Waals surface area contributed by atoms with Crippen LogP contribution in [0.1, 0.15) is 11.4 Å². The third kappa shape index (κ3) is 1.35. The predicted molar refractivity (Wildman–Crippen MR) is 28.7 cm³/mol. The lowest BCUT2D eigenvalue weighted by atomic mass is 10.7. The van der Waals surface area contributed by atoms with Gasteiger partial charge in [0, 0.05) is 0 Å². The van der Waals surface area contributed by atoms with Crippen molar-refractivity contribution >= 4 is 11.3 Å². The molecule has 0 aromatic carbocycles. The molecule has 5 heteroatoms. The first kappa shape index (κ1) is 6.41. The summed E-state index contributed by atoms with van der Waals surface area (Å²) in [6, 6.07) is 0. The summed E-state index contributed by atoms with van der Waals surface area (Å²) in [7, 11) is 0. The Kier molecular flexibility index (Phi) is 1.61. The van der Waals surface area contributed by atoms with Gasteiger partial charge in [-0.2, -0.15) is 0 Å². The Hall–Kier alpha value is -0.710. The summed E-state index contributed by atoms with van der Waals surface area (Å²) in [6.45, 7) is 0. The van der Waals surface area contributed by atoms with Crippen LogP contribution in [0.25, 0.3) is 0 Å². The number of aromatic hydroxyl groups is 1. The highest BCUT2D eigenvalue weighted by Gasteiger charge is 2.10. The minimum atomic E-state index is -2.57. The molecule has 0 spiro atoms. The zero-order chi connectivity index (χ0) is 6.85. The van der Waals surface area contributed by atoms with Crippen molar-refractivity contribution in [2.24, 2.45) is 0 Å². The lowest BCUT2D eigenvalue weighted by Gasteiger charge is -1.86. The van der Waals surface area contributed by atoms with Crippen LogP contribution in [0.2, 0.25) is 0 Å². The van der Waals surface area contributed by atoms with Gasteiger partial charge in [0.15, 0.2) is 5.01 Å². The molecule has 2 nitrogen and oxygen atoms in total. The first-order valence-corrected chi connectivity index (χ1v) is 3.00. The van der Waals surface area contributed by atoms with Crippen molar-refractivity contribution in [2.75, 3.05) is 0 Å². The molecule has 50 valence electrons. The summed E-state index contributed by atoms with van der Waals surface area (Å²) in [4.78, 5) is 3.13. The van der Waals surface area contributed by atoms with Gasteiger partial charge in [0.25, 0.3) is 6.43 Å². The molecule has 9 heavy (non-hydrogen) atoms. The van der Waals surface area contributed by atoms with Crippen LogP contribution in [-0.2, 0) is 0 Å². The quantitative estimate of drug-likeness (QED) is 0.663. The molecule has 0 unspecified atom stereocenters. The van der Waals surface area contributed by atoms with Crippen LogP contribution in [0, 0.1) is 0 Å². The van der Waals surface area contributed by atoms with E-state index in [-0.39, 0.29) is 10.9 Å². The Balaban J connectivity index is 2.85. The second kappa shape index (κ2) is 2.26. The molecule has 0 saturated carbocycles. The van der Waals surface area contributed by atoms with E-state index in [4.69, 9.17) is 5.11 Å². The van der Waals surface area contributed by atoms with E-state index in [0.717, 1.165) is 11.3 Å². The van der Waals surface area contributed by atoms with Gasteiger partial charge >= 0.3 is 0 Å². The van der Waals surface area contributed by atoms with Crippen LogP contribution < -0.4 is 0 Å². The van der Waals surface area contributed by atoms with Crippen molar-refractivity contribution in [1.82, 2.24) is 4.98 Å². The fourth-order valence-corrected chi connectivity index (χ4v) is 0.907. The van der Waals surface area contributed by atoms with Crippen LogP contribution in [0.15, 0.2) is 5.38 Å². The minimum Gasteiger partial charge on any atom is -0.493 e. The second-order valence-corrected chi connectivity index (χ2v) is 2.23. The van der Waals surface area contributed by atoms with Crippen LogP contribution in [-0.4, -0.2) is 10.1 Å². The molecule has 0 aliphatic heterocycles. The Labute approximate surface area is 53.8 Å². The van der Waals surface area contributed by atoms with Gasteiger partial charge in [0.2, 0.25) is 5.88 Å². The third-order valence-corrected chi connectivity index (χ3v) is 1.54. The molecule has 0 bridgehead atoms. The topological polar surface area (TPSA) is 33.1 Å². The van der Waals surface area contributed by atoms with Gasteiger partial charge in [-0.15, -0.1) is 11.3 Å². The molecule has 0 aliphatic rings. The maximum atomic E-state index is 11.6. The average molecular weight is 151 g/mol. The molecule has 1 rings (SSSR count). The SMILES string of the molecule is Oc1csc(C(F)F)n1. The number of aromatic nitrogens is 1. The van der Waals surface area contributed by atoms with Gasteiger partial charge in [-0.05, 0) is 0 Å². The van der Waals surface area contributed by atoms with Gasteiger partial charge in [0.1, 0.15) is 0 Å². The van der Waals surface area contributed by atoms with Crippen molar-refractivity contribution in [3.8, 4) is 5.88 Å². The highest BCUT2D eigenvalue weighted by molar-refractivity contribution is 7.09. The van der Waals surface area contributed by atoms with E-state index >= 15 is 0 Å². The van der Waals surface area contributed by atoms with Crippen molar-refractivity contribution < 1.29 is 13.9 Å². The van der Waals surface area contributed by atoms with E-state index in [9.17, 15) is 8.78 Å². The summed E-state index contributed by atoms with van der Waals surface area (Å²) in [5.74, 6) is -0.338. The highest BCUT2D eigenvalue weighted by atomic mass is 32.1. The summed E-state index contributed by atoms with van der Waals surface area (Å²) < 4.78 is 23.2. The van der Waals surface area contributed by atoms with E-state index in [2.05, 4.69) is 4.98 Å². The molecular formula is C4H3F2NOS. The Bertz CT molecular complexity index is 200. The minimum absolute atomic E-state index is 0.338.